The molecule has 2 aromatic rings. The number of carbonyl (C=O) groups is 1. The normalized spacial score (nSPS) is 12.5. The molecule has 1 unspecified atom stereocenters. The Morgan fingerprint density at radius 3 is 3.00 bits per heavy atom. The molecule has 1 aromatic heterocycles. The lowest BCUT2D eigenvalue weighted by atomic mass is 10.2. The average molecular weight is 266 g/mol. The van der Waals surface area contributed by atoms with E-state index < -0.39 is 17.8 Å². The van der Waals surface area contributed by atoms with E-state index in [9.17, 15) is 14.7 Å². The number of nitrogens with one attached hydrogen (secondary N) is 2. The lowest BCUT2D eigenvalue weighted by Crippen LogP contribution is -2.20. The number of aromatic amines is 1. The van der Waals surface area contributed by atoms with Gasteiger partial charge in [-0.1, -0.05) is 0 Å². The van der Waals surface area contributed by atoms with E-state index in [1.165, 1.54) is 0 Å². The predicted molar refractivity (Wildman–Crippen MR) is 68.2 cm³/mol. The Hall–Kier alpha value is -2.28. The second kappa shape index (κ2) is 5.57. The Labute approximate surface area is 107 Å². The van der Waals surface area contributed by atoms with Crippen LogP contribution < -0.4 is 11.1 Å². The van der Waals surface area contributed by atoms with Crippen LogP contribution in [0.25, 0.3) is 11.1 Å². The average Bonchev–Trinajstić information content (AvgIpc) is 2.73. The number of aliphatic hydroxyl groups excluding tert-OH is 1. The molecule has 0 fully saturated rings. The van der Waals surface area contributed by atoms with Crippen LogP contribution in [0.5, 0.6) is 0 Å². The van der Waals surface area contributed by atoms with E-state index in [0.717, 1.165) is 0 Å². The fourth-order valence-corrected chi connectivity index (χ4v) is 1.68. The van der Waals surface area contributed by atoms with Crippen molar-refractivity contribution in [2.45, 2.75) is 18.9 Å². The van der Waals surface area contributed by atoms with Crippen molar-refractivity contribution < 1.29 is 19.4 Å². The van der Waals surface area contributed by atoms with Crippen LogP contribution in [0.1, 0.15) is 12.8 Å². The quantitative estimate of drug-likeness (QED) is 0.613. The van der Waals surface area contributed by atoms with Gasteiger partial charge in [0.05, 0.1) is 11.6 Å². The van der Waals surface area contributed by atoms with Gasteiger partial charge in [-0.25, -0.2) is 4.79 Å². The summed E-state index contributed by atoms with van der Waals surface area (Å²) in [6.45, 7) is 0.230. The van der Waals surface area contributed by atoms with Gasteiger partial charge in [0.15, 0.2) is 5.58 Å². The van der Waals surface area contributed by atoms with Crippen LogP contribution in [0.3, 0.4) is 0 Å². The van der Waals surface area contributed by atoms with Crippen molar-refractivity contribution in [1.82, 2.24) is 4.98 Å². The van der Waals surface area contributed by atoms with Crippen LogP contribution in [0.4, 0.5) is 5.69 Å². The zero-order valence-corrected chi connectivity index (χ0v) is 10.0. The van der Waals surface area contributed by atoms with Crippen LogP contribution in [0, 0.1) is 0 Å². The van der Waals surface area contributed by atoms with E-state index in [-0.39, 0.29) is 19.4 Å². The number of rotatable bonds is 6. The molecule has 0 amide bonds. The topological polar surface area (TPSA) is 116 Å². The summed E-state index contributed by atoms with van der Waals surface area (Å²) < 4.78 is 4.90. The van der Waals surface area contributed by atoms with Crippen molar-refractivity contribution in [3.05, 3.63) is 28.7 Å². The maximum absolute atomic E-state index is 11.0. The van der Waals surface area contributed by atoms with Gasteiger partial charge in [0.1, 0.15) is 0 Å². The van der Waals surface area contributed by atoms with Gasteiger partial charge in [-0.15, -0.1) is 0 Å². The lowest BCUT2D eigenvalue weighted by molar-refractivity contribution is -0.137. The number of carboxylic acids is 1. The first kappa shape index (κ1) is 13.2. The molecule has 0 spiro atoms. The molecule has 1 atom stereocenters. The Bertz CT molecular complexity index is 630. The first-order valence-electron chi connectivity index (χ1n) is 5.81. The van der Waals surface area contributed by atoms with Gasteiger partial charge in [0.2, 0.25) is 0 Å². The zero-order chi connectivity index (χ0) is 13.8. The number of carboxylic acid groups (broad SMARTS) is 1. The summed E-state index contributed by atoms with van der Waals surface area (Å²) in [5.41, 5.74) is 1.71. The third kappa shape index (κ3) is 3.59. The molecule has 7 heteroatoms. The molecule has 0 aliphatic rings. The molecule has 7 nitrogen and oxygen atoms in total. The predicted octanol–water partition coefficient (Wildman–Crippen LogP) is 0.759. The first-order chi connectivity index (χ1) is 9.04. The van der Waals surface area contributed by atoms with Crippen molar-refractivity contribution in [3.63, 3.8) is 0 Å². The van der Waals surface area contributed by atoms with Crippen LogP contribution in [0.2, 0.25) is 0 Å². The molecule has 1 heterocycles. The molecule has 0 saturated heterocycles. The molecule has 1 aromatic carbocycles. The van der Waals surface area contributed by atoms with Gasteiger partial charge in [-0.2, -0.15) is 0 Å². The summed E-state index contributed by atoms with van der Waals surface area (Å²) in [5.74, 6) is -1.46. The highest BCUT2D eigenvalue weighted by Gasteiger charge is 2.08. The molecule has 102 valence electrons. The third-order valence-corrected chi connectivity index (χ3v) is 2.65. The number of benzene rings is 1. The highest BCUT2D eigenvalue weighted by Crippen LogP contribution is 2.16. The number of hydrogen-bond acceptors (Lipinski definition) is 5. The maximum Gasteiger partial charge on any atom is 0.417 e. The summed E-state index contributed by atoms with van der Waals surface area (Å²) in [7, 11) is 0. The monoisotopic (exact) mass is 266 g/mol. The summed E-state index contributed by atoms with van der Waals surface area (Å²) in [5, 5.41) is 21.0. The van der Waals surface area contributed by atoms with E-state index in [1.54, 1.807) is 18.2 Å². The number of hydrogen-bond donors (Lipinski definition) is 4. The number of H-pyrrole nitrogens is 1. The SMILES string of the molecule is O=C(O)CCC(O)CNc1ccc2[nH]c(=O)oc2c1. The van der Waals surface area contributed by atoms with Gasteiger partial charge >= 0.3 is 11.7 Å². The summed E-state index contributed by atoms with van der Waals surface area (Å²) in [6, 6.07) is 5.06. The smallest absolute Gasteiger partial charge is 0.417 e. The third-order valence-electron chi connectivity index (χ3n) is 2.65. The van der Waals surface area contributed by atoms with Crippen molar-refractivity contribution in [1.29, 1.82) is 0 Å². The van der Waals surface area contributed by atoms with Crippen LogP contribution in [-0.4, -0.2) is 33.8 Å². The number of aliphatic carboxylic acids is 1. The zero-order valence-electron chi connectivity index (χ0n) is 10.0. The van der Waals surface area contributed by atoms with Crippen molar-refractivity contribution in [2.75, 3.05) is 11.9 Å². The minimum absolute atomic E-state index is 0.0748. The van der Waals surface area contributed by atoms with Crippen molar-refractivity contribution in [3.8, 4) is 0 Å². The van der Waals surface area contributed by atoms with E-state index in [0.29, 0.717) is 16.8 Å². The van der Waals surface area contributed by atoms with E-state index in [4.69, 9.17) is 9.52 Å². The van der Waals surface area contributed by atoms with Crippen molar-refractivity contribution >= 4 is 22.8 Å². The molecule has 0 bridgehead atoms. The Morgan fingerprint density at radius 2 is 2.26 bits per heavy atom. The molecule has 19 heavy (non-hydrogen) atoms. The Balaban J connectivity index is 1.93. The molecular weight excluding hydrogens is 252 g/mol. The maximum atomic E-state index is 11.0. The Morgan fingerprint density at radius 1 is 1.47 bits per heavy atom. The second-order valence-corrected chi connectivity index (χ2v) is 4.19. The number of fused-ring (bicyclic) bond motifs is 1. The van der Waals surface area contributed by atoms with E-state index in [1.807, 2.05) is 0 Å². The van der Waals surface area contributed by atoms with Gasteiger partial charge in [0.25, 0.3) is 0 Å². The van der Waals surface area contributed by atoms with Gasteiger partial charge in [-0.3, -0.25) is 9.78 Å². The number of anilines is 1. The van der Waals surface area contributed by atoms with Gasteiger partial charge < -0.3 is 19.9 Å². The molecule has 0 aliphatic heterocycles. The number of aromatic nitrogens is 1. The lowest BCUT2D eigenvalue weighted by Gasteiger charge is -2.11. The van der Waals surface area contributed by atoms with E-state index in [2.05, 4.69) is 10.3 Å². The highest BCUT2D eigenvalue weighted by molar-refractivity contribution is 5.76. The van der Waals surface area contributed by atoms with Crippen molar-refractivity contribution in [2.24, 2.45) is 0 Å². The minimum Gasteiger partial charge on any atom is -0.481 e. The van der Waals surface area contributed by atoms with Crippen LogP contribution in [0.15, 0.2) is 27.4 Å². The van der Waals surface area contributed by atoms with Gasteiger partial charge in [-0.05, 0) is 18.6 Å². The molecular formula is C12H14N2O5. The van der Waals surface area contributed by atoms with Gasteiger partial charge in [0, 0.05) is 24.7 Å². The largest absolute Gasteiger partial charge is 0.481 e. The summed E-state index contributed by atoms with van der Waals surface area (Å²) in [6.07, 6.45) is -0.636. The molecule has 0 saturated carbocycles. The highest BCUT2D eigenvalue weighted by atomic mass is 16.4. The number of oxazole rings is 1. The second-order valence-electron chi connectivity index (χ2n) is 4.19. The number of aliphatic hydroxyl groups is 1. The molecule has 4 N–H and O–H groups in total. The molecule has 2 rings (SSSR count). The molecule has 0 radical (unpaired) electrons. The first-order valence-corrected chi connectivity index (χ1v) is 5.81. The summed E-state index contributed by atoms with van der Waals surface area (Å²) >= 11 is 0. The standard InChI is InChI=1S/C12H14N2O5/c15-8(2-4-11(16)17)6-13-7-1-3-9-10(5-7)19-12(18)14-9/h1,3,5,8,13,15H,2,4,6H2,(H,14,18)(H,16,17). The van der Waals surface area contributed by atoms with E-state index >= 15 is 0 Å². The van der Waals surface area contributed by atoms with Crippen LogP contribution >= 0.6 is 0 Å². The summed E-state index contributed by atoms with van der Waals surface area (Å²) in [4.78, 5) is 23.8. The fourth-order valence-electron chi connectivity index (χ4n) is 1.68. The Kier molecular flexibility index (Phi) is 3.86. The fraction of sp³-hybridized carbons (Fsp3) is 0.333. The minimum atomic E-state index is -0.936. The molecule has 0 aliphatic carbocycles. The van der Waals surface area contributed by atoms with Crippen LogP contribution in [-0.2, 0) is 4.79 Å².